The van der Waals surface area contributed by atoms with Crippen LogP contribution in [0.4, 0.5) is 10.1 Å². The average molecular weight is 334 g/mol. The zero-order valence-corrected chi connectivity index (χ0v) is 13.7. The number of rotatable bonds is 6. The van der Waals surface area contributed by atoms with E-state index in [-0.39, 0.29) is 11.7 Å². The van der Waals surface area contributed by atoms with Gasteiger partial charge >= 0.3 is 0 Å². The Labute approximate surface area is 146 Å². The number of halogens is 1. The van der Waals surface area contributed by atoms with Crippen molar-refractivity contribution in [2.24, 2.45) is 0 Å². The van der Waals surface area contributed by atoms with E-state index in [2.05, 4.69) is 10.6 Å². The molecule has 0 heterocycles. The van der Waals surface area contributed by atoms with Gasteiger partial charge in [0.2, 0.25) is 5.91 Å². The first-order valence-electron chi connectivity index (χ1n) is 8.11. The SMILES string of the molecule is O=C(Nc1ccc(F)cc1)[C@@H](NCc1ccccc1)c1ccccc1. The van der Waals surface area contributed by atoms with Crippen molar-refractivity contribution in [3.63, 3.8) is 0 Å². The van der Waals surface area contributed by atoms with E-state index in [9.17, 15) is 9.18 Å². The zero-order valence-electron chi connectivity index (χ0n) is 13.7. The summed E-state index contributed by atoms with van der Waals surface area (Å²) in [6, 6.07) is 24.7. The van der Waals surface area contributed by atoms with Crippen molar-refractivity contribution in [2.75, 3.05) is 5.32 Å². The fourth-order valence-corrected chi connectivity index (χ4v) is 2.57. The van der Waals surface area contributed by atoms with Crippen molar-refractivity contribution in [2.45, 2.75) is 12.6 Å². The van der Waals surface area contributed by atoms with Gasteiger partial charge in [0.05, 0.1) is 0 Å². The van der Waals surface area contributed by atoms with Crippen LogP contribution in [-0.2, 0) is 11.3 Å². The molecule has 1 atom stereocenters. The molecule has 3 nitrogen and oxygen atoms in total. The van der Waals surface area contributed by atoms with Gasteiger partial charge in [0.15, 0.2) is 0 Å². The Morgan fingerprint density at radius 3 is 2.08 bits per heavy atom. The Bertz CT molecular complexity index is 804. The molecule has 1 amide bonds. The first kappa shape index (κ1) is 16.9. The number of amides is 1. The lowest BCUT2D eigenvalue weighted by atomic mass is 10.1. The number of hydrogen-bond donors (Lipinski definition) is 2. The molecule has 2 N–H and O–H groups in total. The lowest BCUT2D eigenvalue weighted by Crippen LogP contribution is -2.32. The van der Waals surface area contributed by atoms with E-state index in [0.717, 1.165) is 11.1 Å². The Morgan fingerprint density at radius 2 is 1.44 bits per heavy atom. The van der Waals surface area contributed by atoms with Crippen LogP contribution in [0.1, 0.15) is 17.2 Å². The van der Waals surface area contributed by atoms with E-state index in [1.54, 1.807) is 12.1 Å². The average Bonchev–Trinajstić information content (AvgIpc) is 2.65. The van der Waals surface area contributed by atoms with E-state index >= 15 is 0 Å². The van der Waals surface area contributed by atoms with Gasteiger partial charge in [-0.1, -0.05) is 60.7 Å². The predicted molar refractivity (Wildman–Crippen MR) is 97.5 cm³/mol. The van der Waals surface area contributed by atoms with Crippen LogP contribution in [0.25, 0.3) is 0 Å². The number of nitrogens with one attached hydrogen (secondary N) is 2. The topological polar surface area (TPSA) is 41.1 Å². The van der Waals surface area contributed by atoms with E-state index in [0.29, 0.717) is 12.2 Å². The lowest BCUT2D eigenvalue weighted by Gasteiger charge is -2.19. The van der Waals surface area contributed by atoms with Crippen LogP contribution < -0.4 is 10.6 Å². The third-order valence-corrected chi connectivity index (χ3v) is 3.86. The second-order valence-corrected chi connectivity index (χ2v) is 5.71. The third-order valence-electron chi connectivity index (χ3n) is 3.86. The molecule has 0 radical (unpaired) electrons. The molecular weight excluding hydrogens is 315 g/mol. The first-order chi connectivity index (χ1) is 12.2. The molecule has 0 saturated carbocycles. The minimum atomic E-state index is -0.508. The van der Waals surface area contributed by atoms with Gasteiger partial charge < -0.3 is 5.32 Å². The molecule has 4 heteroatoms. The fraction of sp³-hybridized carbons (Fsp3) is 0.0952. The molecule has 0 aliphatic carbocycles. The Hall–Kier alpha value is -2.98. The second-order valence-electron chi connectivity index (χ2n) is 5.71. The number of hydrogen-bond acceptors (Lipinski definition) is 2. The quantitative estimate of drug-likeness (QED) is 0.706. The summed E-state index contributed by atoms with van der Waals surface area (Å²) in [4.78, 5) is 12.8. The summed E-state index contributed by atoms with van der Waals surface area (Å²) in [6.45, 7) is 0.567. The molecule has 0 saturated heterocycles. The molecule has 0 fully saturated rings. The molecule has 0 bridgehead atoms. The summed E-state index contributed by atoms with van der Waals surface area (Å²) in [7, 11) is 0. The van der Waals surface area contributed by atoms with Gasteiger partial charge in [0, 0.05) is 12.2 Å². The van der Waals surface area contributed by atoms with Gasteiger partial charge in [0.1, 0.15) is 11.9 Å². The lowest BCUT2D eigenvalue weighted by molar-refractivity contribution is -0.118. The van der Waals surface area contributed by atoms with Crippen molar-refractivity contribution in [3.05, 3.63) is 102 Å². The van der Waals surface area contributed by atoms with E-state index < -0.39 is 6.04 Å². The van der Waals surface area contributed by atoms with Crippen LogP contribution >= 0.6 is 0 Å². The largest absolute Gasteiger partial charge is 0.324 e. The summed E-state index contributed by atoms with van der Waals surface area (Å²) in [6.07, 6.45) is 0. The second kappa shape index (κ2) is 8.22. The molecule has 0 aliphatic rings. The first-order valence-corrected chi connectivity index (χ1v) is 8.11. The van der Waals surface area contributed by atoms with Crippen molar-refractivity contribution >= 4 is 11.6 Å². The molecule has 126 valence electrons. The summed E-state index contributed by atoms with van der Waals surface area (Å²) in [5, 5.41) is 6.13. The van der Waals surface area contributed by atoms with E-state index in [1.807, 2.05) is 60.7 Å². The summed E-state index contributed by atoms with van der Waals surface area (Å²) >= 11 is 0. The van der Waals surface area contributed by atoms with Crippen LogP contribution in [0.3, 0.4) is 0 Å². The normalized spacial score (nSPS) is 11.7. The highest BCUT2D eigenvalue weighted by atomic mass is 19.1. The molecule has 25 heavy (non-hydrogen) atoms. The van der Waals surface area contributed by atoms with E-state index in [4.69, 9.17) is 0 Å². The van der Waals surface area contributed by atoms with Crippen molar-refractivity contribution in [1.82, 2.24) is 5.32 Å². The van der Waals surface area contributed by atoms with E-state index in [1.165, 1.54) is 12.1 Å². The van der Waals surface area contributed by atoms with Crippen LogP contribution in [0.5, 0.6) is 0 Å². The molecule has 0 aromatic heterocycles. The highest BCUT2D eigenvalue weighted by Gasteiger charge is 2.20. The standard InChI is InChI=1S/C21H19FN2O/c22-18-11-13-19(14-12-18)24-21(25)20(17-9-5-2-6-10-17)23-15-16-7-3-1-4-8-16/h1-14,20,23H,15H2,(H,24,25)/t20-/m0/s1. The molecule has 0 unspecified atom stereocenters. The maximum atomic E-state index is 13.0. The summed E-state index contributed by atoms with van der Waals surface area (Å²) in [5.41, 5.74) is 2.53. The van der Waals surface area contributed by atoms with Crippen LogP contribution in [0.2, 0.25) is 0 Å². The molecule has 0 spiro atoms. The zero-order chi connectivity index (χ0) is 17.5. The Kier molecular flexibility index (Phi) is 5.54. The number of benzene rings is 3. The fourth-order valence-electron chi connectivity index (χ4n) is 2.57. The van der Waals surface area contributed by atoms with Crippen LogP contribution in [-0.4, -0.2) is 5.91 Å². The maximum absolute atomic E-state index is 13.0. The predicted octanol–water partition coefficient (Wildman–Crippen LogP) is 4.30. The summed E-state index contributed by atoms with van der Waals surface area (Å²) in [5.74, 6) is -0.520. The van der Waals surface area contributed by atoms with Gasteiger partial charge in [-0.3, -0.25) is 10.1 Å². The molecule has 0 aliphatic heterocycles. The number of carbonyl (C=O) groups is 1. The van der Waals surface area contributed by atoms with Gasteiger partial charge in [-0.15, -0.1) is 0 Å². The smallest absolute Gasteiger partial charge is 0.246 e. The highest BCUT2D eigenvalue weighted by molar-refractivity contribution is 5.95. The summed E-state index contributed by atoms with van der Waals surface area (Å²) < 4.78 is 13.0. The van der Waals surface area contributed by atoms with Crippen molar-refractivity contribution < 1.29 is 9.18 Å². The molecule has 3 rings (SSSR count). The van der Waals surface area contributed by atoms with Crippen LogP contribution in [0.15, 0.2) is 84.9 Å². The Balaban J connectivity index is 1.75. The minimum Gasteiger partial charge on any atom is -0.324 e. The molecular formula is C21H19FN2O. The monoisotopic (exact) mass is 334 g/mol. The van der Waals surface area contributed by atoms with Crippen molar-refractivity contribution in [3.8, 4) is 0 Å². The third kappa shape index (κ3) is 4.75. The number of anilines is 1. The number of carbonyl (C=O) groups excluding carboxylic acids is 1. The molecule has 3 aromatic rings. The van der Waals surface area contributed by atoms with Gasteiger partial charge in [-0.25, -0.2) is 4.39 Å². The van der Waals surface area contributed by atoms with Crippen LogP contribution in [0, 0.1) is 5.82 Å². The van der Waals surface area contributed by atoms with Gasteiger partial charge in [-0.05, 0) is 35.4 Å². The molecule has 3 aromatic carbocycles. The highest BCUT2D eigenvalue weighted by Crippen LogP contribution is 2.17. The Morgan fingerprint density at radius 1 is 0.840 bits per heavy atom. The maximum Gasteiger partial charge on any atom is 0.246 e. The van der Waals surface area contributed by atoms with Gasteiger partial charge in [0.25, 0.3) is 0 Å². The van der Waals surface area contributed by atoms with Crippen molar-refractivity contribution in [1.29, 1.82) is 0 Å². The minimum absolute atomic E-state index is 0.186. The van der Waals surface area contributed by atoms with Gasteiger partial charge in [-0.2, -0.15) is 0 Å².